The molecular weight excluding hydrogens is 380 g/mol. The maximum absolute atomic E-state index is 11.9. The molecular formula is C20H17ClN4OS. The summed E-state index contributed by atoms with van der Waals surface area (Å²) in [5.41, 5.74) is 4.18. The van der Waals surface area contributed by atoms with Crippen LogP contribution in [0.2, 0.25) is 5.15 Å². The number of fused-ring (bicyclic) bond motifs is 1. The zero-order valence-corrected chi connectivity index (χ0v) is 16.4. The first-order valence-electron chi connectivity index (χ1n) is 8.57. The van der Waals surface area contributed by atoms with Crippen LogP contribution in [0.5, 0.6) is 0 Å². The van der Waals surface area contributed by atoms with Gasteiger partial charge in [0.1, 0.15) is 10.8 Å². The highest BCUT2D eigenvalue weighted by Gasteiger charge is 2.16. The summed E-state index contributed by atoms with van der Waals surface area (Å²) in [4.78, 5) is 21.9. The Bertz CT molecular complexity index is 1150. The van der Waals surface area contributed by atoms with Crippen molar-refractivity contribution in [1.29, 1.82) is 0 Å². The predicted octanol–water partition coefficient (Wildman–Crippen LogP) is 5.76. The van der Waals surface area contributed by atoms with Gasteiger partial charge in [-0.1, -0.05) is 48.1 Å². The van der Waals surface area contributed by atoms with E-state index in [-0.39, 0.29) is 5.78 Å². The molecule has 0 amide bonds. The molecule has 0 bridgehead atoms. The van der Waals surface area contributed by atoms with Gasteiger partial charge in [-0.25, -0.2) is 9.97 Å². The van der Waals surface area contributed by atoms with Gasteiger partial charge >= 0.3 is 0 Å². The summed E-state index contributed by atoms with van der Waals surface area (Å²) < 4.78 is 1.93. The molecule has 4 aromatic rings. The molecule has 0 radical (unpaired) electrons. The van der Waals surface area contributed by atoms with Crippen molar-refractivity contribution in [2.24, 2.45) is 0 Å². The lowest BCUT2D eigenvalue weighted by Gasteiger charge is -2.05. The summed E-state index contributed by atoms with van der Waals surface area (Å²) in [5.74, 6) is 0.120. The Kier molecular flexibility index (Phi) is 4.68. The van der Waals surface area contributed by atoms with Crippen LogP contribution < -0.4 is 5.32 Å². The van der Waals surface area contributed by atoms with Crippen molar-refractivity contribution in [2.45, 2.75) is 20.3 Å². The third-order valence-corrected chi connectivity index (χ3v) is 5.48. The van der Waals surface area contributed by atoms with Gasteiger partial charge in [0.15, 0.2) is 10.9 Å². The van der Waals surface area contributed by atoms with E-state index in [9.17, 15) is 4.79 Å². The second-order valence-electron chi connectivity index (χ2n) is 6.10. The topological polar surface area (TPSA) is 59.3 Å². The van der Waals surface area contributed by atoms with E-state index >= 15 is 0 Å². The molecule has 4 rings (SSSR count). The van der Waals surface area contributed by atoms with Gasteiger partial charge in [-0.2, -0.15) is 0 Å². The van der Waals surface area contributed by atoms with Gasteiger partial charge in [-0.3, -0.25) is 9.20 Å². The normalized spacial score (nSPS) is 11.1. The number of nitrogens with one attached hydrogen (secondary N) is 1. The van der Waals surface area contributed by atoms with Gasteiger partial charge < -0.3 is 5.32 Å². The summed E-state index contributed by atoms with van der Waals surface area (Å²) in [6.45, 7) is 3.82. The van der Waals surface area contributed by atoms with Crippen LogP contribution in [0.25, 0.3) is 16.2 Å². The van der Waals surface area contributed by atoms with E-state index in [1.807, 2.05) is 66.9 Å². The van der Waals surface area contributed by atoms with Crippen molar-refractivity contribution in [3.8, 4) is 10.6 Å². The molecule has 3 aromatic heterocycles. The van der Waals surface area contributed by atoms with Gasteiger partial charge in [0.05, 0.1) is 16.3 Å². The van der Waals surface area contributed by atoms with Crippen LogP contribution in [0.4, 0.5) is 10.8 Å². The average Bonchev–Trinajstić information content (AvgIpc) is 3.25. The van der Waals surface area contributed by atoms with E-state index in [0.717, 1.165) is 32.7 Å². The van der Waals surface area contributed by atoms with Crippen LogP contribution >= 0.6 is 22.9 Å². The van der Waals surface area contributed by atoms with Crippen LogP contribution in [0.15, 0.2) is 48.7 Å². The van der Waals surface area contributed by atoms with Gasteiger partial charge in [0, 0.05) is 23.9 Å². The number of benzene rings is 1. The fourth-order valence-corrected chi connectivity index (χ4v) is 4.16. The Hall–Kier alpha value is -2.70. The fraction of sp³-hybridized carbons (Fsp3) is 0.150. The number of anilines is 2. The number of carbonyl (C=O) groups excluding carboxylic acids is 1. The highest BCUT2D eigenvalue weighted by Crippen LogP contribution is 2.34. The summed E-state index contributed by atoms with van der Waals surface area (Å²) >= 11 is 7.90. The number of aromatic nitrogens is 3. The maximum Gasteiger partial charge on any atom is 0.187 e. The molecule has 0 aliphatic carbocycles. The van der Waals surface area contributed by atoms with Crippen molar-refractivity contribution in [3.63, 3.8) is 0 Å². The molecule has 7 heteroatoms. The monoisotopic (exact) mass is 396 g/mol. The number of nitrogens with zero attached hydrogens (tertiary/aromatic N) is 3. The molecule has 136 valence electrons. The van der Waals surface area contributed by atoms with Crippen LogP contribution in [-0.2, 0) is 0 Å². The Morgan fingerprint density at radius 2 is 2.07 bits per heavy atom. The van der Waals surface area contributed by atoms with Crippen LogP contribution in [0, 0.1) is 6.92 Å². The Balaban J connectivity index is 1.67. The number of aryl methyl sites for hydroxylation is 1. The molecule has 3 heterocycles. The highest BCUT2D eigenvalue weighted by molar-refractivity contribution is 7.18. The lowest BCUT2D eigenvalue weighted by molar-refractivity contribution is 0.0988. The Labute approximate surface area is 165 Å². The zero-order valence-electron chi connectivity index (χ0n) is 14.9. The molecule has 0 spiro atoms. The minimum Gasteiger partial charge on any atom is -0.332 e. The largest absolute Gasteiger partial charge is 0.332 e. The number of Topliss-reactive ketones (excluding diaryl/α,β-unsaturated/α-hetero) is 1. The molecule has 0 aliphatic heterocycles. The van der Waals surface area contributed by atoms with E-state index in [4.69, 9.17) is 11.6 Å². The molecule has 5 nitrogen and oxygen atoms in total. The zero-order chi connectivity index (χ0) is 19.0. The second-order valence-corrected chi connectivity index (χ2v) is 7.52. The fourth-order valence-electron chi connectivity index (χ4n) is 3.00. The average molecular weight is 397 g/mol. The minimum atomic E-state index is 0.120. The first-order chi connectivity index (χ1) is 13.1. The molecule has 0 saturated heterocycles. The number of imidazole rings is 1. The van der Waals surface area contributed by atoms with E-state index in [0.29, 0.717) is 17.1 Å². The number of rotatable bonds is 5. The van der Waals surface area contributed by atoms with Gasteiger partial charge in [0.2, 0.25) is 0 Å². The number of halogens is 1. The first kappa shape index (κ1) is 17.7. The Morgan fingerprint density at radius 3 is 2.89 bits per heavy atom. The number of carbonyl (C=O) groups is 1. The van der Waals surface area contributed by atoms with Crippen molar-refractivity contribution in [1.82, 2.24) is 14.4 Å². The number of pyridine rings is 1. The lowest BCUT2D eigenvalue weighted by Crippen LogP contribution is -1.97. The van der Waals surface area contributed by atoms with Crippen molar-refractivity contribution in [2.75, 3.05) is 5.32 Å². The predicted molar refractivity (Wildman–Crippen MR) is 110 cm³/mol. The SMILES string of the molecule is CCC(=O)c1cccc(Nc2ncc(-c3c(C)nc4cccc(Cl)n34)s2)c1. The number of hydrogen-bond acceptors (Lipinski definition) is 5. The summed E-state index contributed by atoms with van der Waals surface area (Å²) in [6.07, 6.45) is 2.30. The Morgan fingerprint density at radius 1 is 1.26 bits per heavy atom. The second kappa shape index (κ2) is 7.13. The van der Waals surface area contributed by atoms with E-state index < -0.39 is 0 Å². The number of thiazole rings is 1. The lowest BCUT2D eigenvalue weighted by atomic mass is 10.1. The summed E-state index contributed by atoms with van der Waals surface area (Å²) in [7, 11) is 0. The summed E-state index contributed by atoms with van der Waals surface area (Å²) in [5, 5.41) is 4.63. The van der Waals surface area contributed by atoms with Gasteiger partial charge in [-0.05, 0) is 31.2 Å². The maximum atomic E-state index is 11.9. The third-order valence-electron chi connectivity index (χ3n) is 4.27. The van der Waals surface area contributed by atoms with Crippen molar-refractivity contribution < 1.29 is 4.79 Å². The summed E-state index contributed by atoms with van der Waals surface area (Å²) in [6, 6.07) is 13.1. The smallest absolute Gasteiger partial charge is 0.187 e. The van der Waals surface area contributed by atoms with Crippen molar-refractivity contribution >= 4 is 45.2 Å². The molecule has 0 aliphatic rings. The van der Waals surface area contributed by atoms with E-state index in [1.165, 1.54) is 11.3 Å². The van der Waals surface area contributed by atoms with Crippen LogP contribution in [0.1, 0.15) is 29.4 Å². The molecule has 0 atom stereocenters. The standard InChI is InChI=1S/C20H17ClN4OS/c1-3-15(26)13-6-4-7-14(10-13)24-20-22-11-16(27-20)19-12(2)23-18-9-5-8-17(21)25(18)19/h4-11H,3H2,1-2H3,(H,22,24). The van der Waals surface area contributed by atoms with Gasteiger partial charge in [0.25, 0.3) is 0 Å². The molecule has 0 saturated carbocycles. The molecule has 1 N–H and O–H groups in total. The molecule has 27 heavy (non-hydrogen) atoms. The first-order valence-corrected chi connectivity index (χ1v) is 9.76. The van der Waals surface area contributed by atoms with Gasteiger partial charge in [-0.15, -0.1) is 0 Å². The minimum absolute atomic E-state index is 0.120. The third kappa shape index (κ3) is 3.34. The number of hydrogen-bond donors (Lipinski definition) is 1. The molecule has 0 unspecified atom stereocenters. The number of ketones is 1. The van der Waals surface area contributed by atoms with Crippen LogP contribution in [-0.4, -0.2) is 20.2 Å². The molecule has 0 fully saturated rings. The van der Waals surface area contributed by atoms with Crippen LogP contribution in [0.3, 0.4) is 0 Å². The van der Waals surface area contributed by atoms with Crippen molar-refractivity contribution in [3.05, 3.63) is 65.1 Å². The molecule has 1 aromatic carbocycles. The quantitative estimate of drug-likeness (QED) is 0.344. The highest BCUT2D eigenvalue weighted by atomic mass is 35.5. The van der Waals surface area contributed by atoms with E-state index in [2.05, 4.69) is 15.3 Å². The van der Waals surface area contributed by atoms with E-state index in [1.54, 1.807) is 0 Å².